The topological polar surface area (TPSA) is 99.2 Å². The Bertz CT molecular complexity index is 1140. The molecule has 0 amide bonds. The van der Waals surface area contributed by atoms with Gasteiger partial charge in [0, 0.05) is 11.4 Å². The first-order valence-corrected chi connectivity index (χ1v) is 10.1. The van der Waals surface area contributed by atoms with Crippen LogP contribution in [0.3, 0.4) is 0 Å². The summed E-state index contributed by atoms with van der Waals surface area (Å²) in [4.78, 5) is 17.7. The van der Waals surface area contributed by atoms with E-state index in [1.807, 2.05) is 17.5 Å². The van der Waals surface area contributed by atoms with E-state index in [2.05, 4.69) is 9.97 Å². The Kier molecular flexibility index (Phi) is 4.27. The molecule has 0 aliphatic heterocycles. The maximum atomic E-state index is 13.2. The average molecular weight is 389 g/mol. The molecule has 7 nitrogen and oxygen atoms in total. The lowest BCUT2D eigenvalue weighted by Gasteiger charge is -2.20. The van der Waals surface area contributed by atoms with Crippen LogP contribution in [-0.2, 0) is 23.1 Å². The number of hydrogen-bond acceptors (Lipinski definition) is 5. The second kappa shape index (κ2) is 6.60. The van der Waals surface area contributed by atoms with Crippen molar-refractivity contribution < 1.29 is 12.8 Å². The van der Waals surface area contributed by atoms with Crippen LogP contribution in [0.5, 0.6) is 0 Å². The summed E-state index contributed by atoms with van der Waals surface area (Å²) in [5, 5.41) is 1.91. The van der Waals surface area contributed by atoms with Crippen LogP contribution in [0.25, 0.3) is 11.0 Å². The van der Waals surface area contributed by atoms with Gasteiger partial charge in [-0.3, -0.25) is 0 Å². The molecule has 0 fully saturated rings. The Balaban J connectivity index is 1.74. The zero-order chi connectivity index (χ0) is 18.1. The van der Waals surface area contributed by atoms with Gasteiger partial charge in [0.25, 0.3) is 0 Å². The molecule has 0 saturated heterocycles. The Morgan fingerprint density at radius 3 is 2.62 bits per heavy atom. The van der Waals surface area contributed by atoms with Gasteiger partial charge in [-0.1, -0.05) is 6.07 Å². The number of sulfonamides is 1. The fourth-order valence-electron chi connectivity index (χ4n) is 2.70. The quantitative estimate of drug-likeness (QED) is 0.530. The van der Waals surface area contributed by atoms with E-state index >= 15 is 0 Å². The van der Waals surface area contributed by atoms with Crippen LogP contribution in [0, 0.1) is 0 Å². The lowest BCUT2D eigenvalue weighted by Crippen LogP contribution is -2.29. The van der Waals surface area contributed by atoms with Crippen molar-refractivity contribution in [1.82, 2.24) is 14.3 Å². The van der Waals surface area contributed by atoms with Gasteiger partial charge in [0.15, 0.2) is 0 Å². The highest BCUT2D eigenvalue weighted by atomic mass is 32.2. The Hall–Kier alpha value is -2.62. The molecule has 0 atom stereocenters. The number of aromatic nitrogens is 2. The number of thiophene rings is 1. The first-order chi connectivity index (χ1) is 12.5. The minimum absolute atomic E-state index is 0.114. The molecule has 1 aromatic carbocycles. The normalized spacial score (nSPS) is 12.2. The molecule has 4 rings (SSSR count). The molecular weight excluding hydrogens is 374 g/mol. The van der Waals surface area contributed by atoms with Gasteiger partial charge >= 0.3 is 5.69 Å². The minimum atomic E-state index is -3.79. The lowest BCUT2D eigenvalue weighted by atomic mass is 10.3. The van der Waals surface area contributed by atoms with Gasteiger partial charge in [-0.25, -0.2) is 13.2 Å². The third-order valence-corrected chi connectivity index (χ3v) is 6.60. The zero-order valence-electron chi connectivity index (χ0n) is 13.5. The number of nitrogens with one attached hydrogen (secondary N) is 2. The number of benzene rings is 1. The van der Waals surface area contributed by atoms with Gasteiger partial charge in [0.2, 0.25) is 10.0 Å². The van der Waals surface area contributed by atoms with Gasteiger partial charge in [-0.15, -0.1) is 11.3 Å². The number of nitrogens with zero attached hydrogens (tertiary/aromatic N) is 1. The molecule has 2 N–H and O–H groups in total. The summed E-state index contributed by atoms with van der Waals surface area (Å²) >= 11 is 1.49. The molecule has 0 saturated carbocycles. The Labute approximate surface area is 153 Å². The number of hydrogen-bond donors (Lipinski definition) is 2. The summed E-state index contributed by atoms with van der Waals surface area (Å²) in [6, 6.07) is 11.8. The predicted molar refractivity (Wildman–Crippen MR) is 98.4 cm³/mol. The van der Waals surface area contributed by atoms with E-state index in [-0.39, 0.29) is 23.7 Å². The third kappa shape index (κ3) is 3.24. The third-order valence-electron chi connectivity index (χ3n) is 3.95. The molecule has 0 spiro atoms. The van der Waals surface area contributed by atoms with Gasteiger partial charge in [0.05, 0.1) is 28.7 Å². The molecule has 26 heavy (non-hydrogen) atoms. The van der Waals surface area contributed by atoms with E-state index in [0.717, 1.165) is 4.88 Å². The molecule has 0 radical (unpaired) electrons. The van der Waals surface area contributed by atoms with Crippen molar-refractivity contribution in [1.29, 1.82) is 0 Å². The van der Waals surface area contributed by atoms with Crippen LogP contribution in [0.1, 0.15) is 10.6 Å². The maximum Gasteiger partial charge on any atom is 0.323 e. The van der Waals surface area contributed by atoms with Crippen LogP contribution in [0.15, 0.2) is 68.2 Å². The highest BCUT2D eigenvalue weighted by molar-refractivity contribution is 7.89. The van der Waals surface area contributed by atoms with Crippen molar-refractivity contribution in [2.45, 2.75) is 18.0 Å². The van der Waals surface area contributed by atoms with Crippen LogP contribution in [0.2, 0.25) is 0 Å². The van der Waals surface area contributed by atoms with Crippen LogP contribution in [-0.4, -0.2) is 22.7 Å². The van der Waals surface area contributed by atoms with Gasteiger partial charge < -0.3 is 14.4 Å². The van der Waals surface area contributed by atoms with Crippen molar-refractivity contribution in [2.75, 3.05) is 0 Å². The van der Waals surface area contributed by atoms with Crippen LogP contribution in [0.4, 0.5) is 0 Å². The van der Waals surface area contributed by atoms with E-state index < -0.39 is 10.0 Å². The van der Waals surface area contributed by atoms with Crippen molar-refractivity contribution in [3.63, 3.8) is 0 Å². The lowest BCUT2D eigenvalue weighted by molar-refractivity contribution is 0.360. The fourth-order valence-corrected chi connectivity index (χ4v) is 4.91. The first kappa shape index (κ1) is 16.8. The van der Waals surface area contributed by atoms with Gasteiger partial charge in [-0.2, -0.15) is 4.31 Å². The smallest absolute Gasteiger partial charge is 0.323 e. The number of aromatic amines is 2. The fraction of sp³-hybridized carbons (Fsp3) is 0.118. The number of furan rings is 1. The van der Waals surface area contributed by atoms with Gasteiger partial charge in [-0.05, 0) is 41.8 Å². The number of rotatable bonds is 6. The Morgan fingerprint density at radius 1 is 1.04 bits per heavy atom. The summed E-state index contributed by atoms with van der Waals surface area (Å²) < 4.78 is 33.1. The van der Waals surface area contributed by atoms with Crippen LogP contribution < -0.4 is 5.69 Å². The number of imidazole rings is 1. The standard InChI is InChI=1S/C17H15N3O4S2/c21-17-18-15-6-5-14(9-16(15)19-17)26(22,23)20(10-12-3-1-7-24-12)11-13-4-2-8-25-13/h1-9H,10-11H2,(H2,18,19,21). The molecule has 134 valence electrons. The number of H-pyrrole nitrogens is 2. The summed E-state index contributed by atoms with van der Waals surface area (Å²) in [5.41, 5.74) is 0.635. The average Bonchev–Trinajstić information content (AvgIpc) is 3.34. The van der Waals surface area contributed by atoms with Crippen molar-refractivity contribution >= 4 is 32.4 Å². The second-order valence-corrected chi connectivity index (χ2v) is 8.69. The minimum Gasteiger partial charge on any atom is -0.468 e. The molecule has 0 aliphatic carbocycles. The molecule has 0 bridgehead atoms. The molecule has 0 aliphatic rings. The summed E-state index contributed by atoms with van der Waals surface area (Å²) in [6.45, 7) is 0.358. The second-order valence-electron chi connectivity index (χ2n) is 5.72. The number of fused-ring (bicyclic) bond motifs is 1. The Morgan fingerprint density at radius 2 is 1.88 bits per heavy atom. The highest BCUT2D eigenvalue weighted by Gasteiger charge is 2.26. The van der Waals surface area contributed by atoms with E-state index in [4.69, 9.17) is 4.42 Å². The monoisotopic (exact) mass is 389 g/mol. The molecular formula is C17H15N3O4S2. The van der Waals surface area contributed by atoms with Crippen LogP contribution >= 0.6 is 11.3 Å². The van der Waals surface area contributed by atoms with E-state index in [0.29, 0.717) is 16.8 Å². The zero-order valence-corrected chi connectivity index (χ0v) is 15.1. The summed E-state index contributed by atoms with van der Waals surface area (Å²) in [6.07, 6.45) is 1.52. The largest absolute Gasteiger partial charge is 0.468 e. The molecule has 4 aromatic rings. The SMILES string of the molecule is O=c1[nH]c2ccc(S(=O)(=O)N(Cc3ccco3)Cc3cccs3)cc2[nH]1. The van der Waals surface area contributed by atoms with Crippen molar-refractivity contribution in [3.8, 4) is 0 Å². The van der Waals surface area contributed by atoms with Crippen molar-refractivity contribution in [3.05, 3.63) is 75.2 Å². The maximum absolute atomic E-state index is 13.2. The molecule has 0 unspecified atom stereocenters. The van der Waals surface area contributed by atoms with Crippen molar-refractivity contribution in [2.24, 2.45) is 0 Å². The van der Waals surface area contributed by atoms with E-state index in [1.54, 1.807) is 18.2 Å². The highest BCUT2D eigenvalue weighted by Crippen LogP contribution is 2.24. The summed E-state index contributed by atoms with van der Waals surface area (Å²) in [5.74, 6) is 0.557. The molecule has 9 heteroatoms. The first-order valence-electron chi connectivity index (χ1n) is 7.79. The van der Waals surface area contributed by atoms with E-state index in [1.165, 1.54) is 34.0 Å². The molecule has 3 heterocycles. The summed E-state index contributed by atoms with van der Waals surface area (Å²) in [7, 11) is -3.79. The van der Waals surface area contributed by atoms with E-state index in [9.17, 15) is 13.2 Å². The van der Waals surface area contributed by atoms with Gasteiger partial charge in [0.1, 0.15) is 5.76 Å². The molecule has 3 aromatic heterocycles. The predicted octanol–water partition coefficient (Wildman–Crippen LogP) is 2.90.